The number of fused-ring (bicyclic) bond motifs is 1. The largest absolute Gasteiger partial charge is 0.330 e. The number of halogens is 2. The van der Waals surface area contributed by atoms with E-state index in [9.17, 15) is 9.18 Å². The van der Waals surface area contributed by atoms with Gasteiger partial charge in [-0.2, -0.15) is 0 Å². The summed E-state index contributed by atoms with van der Waals surface area (Å²) in [5.41, 5.74) is 1.93. The minimum absolute atomic E-state index is 0.121. The molecule has 0 unspecified atom stereocenters. The summed E-state index contributed by atoms with van der Waals surface area (Å²) in [4.78, 5) is 13.8. The van der Waals surface area contributed by atoms with Crippen LogP contribution in [0.3, 0.4) is 0 Å². The molecule has 19 heavy (non-hydrogen) atoms. The molecule has 1 heterocycles. The van der Waals surface area contributed by atoms with Gasteiger partial charge in [-0.1, -0.05) is 29.8 Å². The first-order chi connectivity index (χ1) is 9.15. The number of benzene rings is 2. The molecule has 0 atom stereocenters. The molecule has 0 spiro atoms. The van der Waals surface area contributed by atoms with Crippen LogP contribution < -0.4 is 0 Å². The van der Waals surface area contributed by atoms with Gasteiger partial charge < -0.3 is 4.90 Å². The molecule has 1 aliphatic heterocycles. The third-order valence-corrected chi connectivity index (χ3v) is 3.52. The maximum atomic E-state index is 13.6. The van der Waals surface area contributed by atoms with E-state index >= 15 is 0 Å². The highest BCUT2D eigenvalue weighted by Gasteiger charge is 2.29. The predicted octanol–water partition coefficient (Wildman–Crippen LogP) is 3.64. The summed E-state index contributed by atoms with van der Waals surface area (Å²) in [7, 11) is 0. The number of hydrogen-bond donors (Lipinski definition) is 0. The highest BCUT2D eigenvalue weighted by molar-refractivity contribution is 6.30. The topological polar surface area (TPSA) is 20.3 Å². The van der Waals surface area contributed by atoms with Crippen molar-refractivity contribution in [2.45, 2.75) is 13.1 Å². The van der Waals surface area contributed by atoms with Crippen molar-refractivity contribution >= 4 is 17.5 Å². The Bertz CT molecular complexity index is 639. The molecule has 0 saturated heterocycles. The molecule has 3 rings (SSSR count). The first-order valence-corrected chi connectivity index (χ1v) is 6.34. The highest BCUT2D eigenvalue weighted by Crippen LogP contribution is 2.26. The summed E-state index contributed by atoms with van der Waals surface area (Å²) in [6.45, 7) is 0.785. The standard InChI is InChI=1S/C15H11ClFNO/c16-11-6-4-10(5-7-11)8-18-9-13-12(15(18)19)2-1-3-14(13)17/h1-7H,8-9H2. The van der Waals surface area contributed by atoms with Crippen LogP contribution in [-0.4, -0.2) is 10.8 Å². The van der Waals surface area contributed by atoms with E-state index in [0.29, 0.717) is 29.2 Å². The molecule has 96 valence electrons. The zero-order valence-corrected chi connectivity index (χ0v) is 10.8. The number of rotatable bonds is 2. The maximum absolute atomic E-state index is 13.6. The normalized spacial score (nSPS) is 13.8. The van der Waals surface area contributed by atoms with Crippen LogP contribution in [0.4, 0.5) is 4.39 Å². The third kappa shape index (κ3) is 2.22. The van der Waals surface area contributed by atoms with Gasteiger partial charge in [-0.3, -0.25) is 4.79 Å². The van der Waals surface area contributed by atoms with Crippen LogP contribution >= 0.6 is 11.6 Å². The molecule has 0 bridgehead atoms. The van der Waals surface area contributed by atoms with Crippen molar-refractivity contribution in [3.63, 3.8) is 0 Å². The zero-order chi connectivity index (χ0) is 13.4. The van der Waals surface area contributed by atoms with Crippen molar-refractivity contribution in [2.24, 2.45) is 0 Å². The second-order valence-corrected chi connectivity index (χ2v) is 4.99. The summed E-state index contributed by atoms with van der Waals surface area (Å²) in [5.74, 6) is -0.436. The van der Waals surface area contributed by atoms with Crippen LogP contribution in [0.2, 0.25) is 5.02 Å². The van der Waals surface area contributed by atoms with Crippen LogP contribution in [0.1, 0.15) is 21.5 Å². The van der Waals surface area contributed by atoms with E-state index in [1.54, 1.807) is 29.2 Å². The number of carbonyl (C=O) groups is 1. The Labute approximate surface area is 115 Å². The van der Waals surface area contributed by atoms with E-state index in [2.05, 4.69) is 0 Å². The van der Waals surface area contributed by atoms with E-state index in [-0.39, 0.29) is 11.7 Å². The summed E-state index contributed by atoms with van der Waals surface area (Å²) in [6.07, 6.45) is 0. The lowest BCUT2D eigenvalue weighted by atomic mass is 10.1. The van der Waals surface area contributed by atoms with Gasteiger partial charge in [-0.25, -0.2) is 4.39 Å². The molecule has 0 saturated carbocycles. The van der Waals surface area contributed by atoms with Gasteiger partial charge in [0.05, 0.1) is 6.54 Å². The molecule has 0 fully saturated rings. The lowest BCUT2D eigenvalue weighted by molar-refractivity contribution is 0.0766. The van der Waals surface area contributed by atoms with Crippen molar-refractivity contribution < 1.29 is 9.18 Å². The van der Waals surface area contributed by atoms with Gasteiger partial charge in [0, 0.05) is 22.7 Å². The number of hydrogen-bond acceptors (Lipinski definition) is 1. The molecule has 1 amide bonds. The fraction of sp³-hybridized carbons (Fsp3) is 0.133. The Morgan fingerprint density at radius 2 is 1.89 bits per heavy atom. The summed E-state index contributed by atoms with van der Waals surface area (Å²) >= 11 is 5.82. The fourth-order valence-corrected chi connectivity index (χ4v) is 2.42. The van der Waals surface area contributed by atoms with Crippen molar-refractivity contribution in [1.82, 2.24) is 4.90 Å². The summed E-state index contributed by atoms with van der Waals surface area (Å²) < 4.78 is 13.6. The smallest absolute Gasteiger partial charge is 0.254 e. The van der Waals surface area contributed by atoms with Crippen LogP contribution in [0.5, 0.6) is 0 Å². The second-order valence-electron chi connectivity index (χ2n) is 4.55. The average molecular weight is 276 g/mol. The quantitative estimate of drug-likeness (QED) is 0.819. The zero-order valence-electron chi connectivity index (χ0n) is 10.1. The minimum Gasteiger partial charge on any atom is -0.330 e. The molecule has 4 heteroatoms. The fourth-order valence-electron chi connectivity index (χ4n) is 2.29. The highest BCUT2D eigenvalue weighted by atomic mass is 35.5. The van der Waals surface area contributed by atoms with Crippen molar-refractivity contribution in [3.05, 3.63) is 70.0 Å². The van der Waals surface area contributed by atoms with Crippen molar-refractivity contribution in [2.75, 3.05) is 0 Å². The number of amides is 1. The Hall–Kier alpha value is -1.87. The van der Waals surface area contributed by atoms with E-state index < -0.39 is 0 Å². The summed E-state index contributed by atoms with van der Waals surface area (Å²) in [6, 6.07) is 11.9. The van der Waals surface area contributed by atoms with Crippen LogP contribution in [0, 0.1) is 5.82 Å². The Kier molecular flexibility index (Phi) is 2.99. The molecule has 0 N–H and O–H groups in total. The van der Waals surface area contributed by atoms with Gasteiger partial charge in [-0.15, -0.1) is 0 Å². The molecule has 0 aromatic heterocycles. The number of carbonyl (C=O) groups excluding carboxylic acids is 1. The molecular weight excluding hydrogens is 265 g/mol. The molecule has 0 aliphatic carbocycles. The van der Waals surface area contributed by atoms with Crippen molar-refractivity contribution in [1.29, 1.82) is 0 Å². The lowest BCUT2D eigenvalue weighted by Gasteiger charge is -2.15. The second kappa shape index (κ2) is 4.67. The van der Waals surface area contributed by atoms with Gasteiger partial charge in [0.1, 0.15) is 5.82 Å². The lowest BCUT2D eigenvalue weighted by Crippen LogP contribution is -2.23. The molecule has 2 aromatic carbocycles. The third-order valence-electron chi connectivity index (χ3n) is 3.27. The first kappa shape index (κ1) is 12.2. The first-order valence-electron chi connectivity index (χ1n) is 5.96. The van der Waals surface area contributed by atoms with Crippen LogP contribution in [0.25, 0.3) is 0 Å². The van der Waals surface area contributed by atoms with Gasteiger partial charge in [0.15, 0.2) is 0 Å². The van der Waals surface area contributed by atoms with Gasteiger partial charge >= 0.3 is 0 Å². The Balaban J connectivity index is 1.84. The average Bonchev–Trinajstić information content (AvgIpc) is 2.72. The minimum atomic E-state index is -0.315. The molecule has 1 aliphatic rings. The van der Waals surface area contributed by atoms with Crippen LogP contribution in [-0.2, 0) is 13.1 Å². The van der Waals surface area contributed by atoms with Gasteiger partial charge in [0.25, 0.3) is 5.91 Å². The molecular formula is C15H11ClFNO. The van der Waals surface area contributed by atoms with E-state index in [4.69, 9.17) is 11.6 Å². The maximum Gasteiger partial charge on any atom is 0.254 e. The Morgan fingerprint density at radius 1 is 1.16 bits per heavy atom. The summed E-state index contributed by atoms with van der Waals surface area (Å²) in [5, 5.41) is 0.658. The van der Waals surface area contributed by atoms with E-state index in [1.165, 1.54) is 6.07 Å². The SMILES string of the molecule is O=C1c2cccc(F)c2CN1Cc1ccc(Cl)cc1. The van der Waals surface area contributed by atoms with Crippen LogP contribution in [0.15, 0.2) is 42.5 Å². The predicted molar refractivity (Wildman–Crippen MR) is 71.4 cm³/mol. The monoisotopic (exact) mass is 275 g/mol. The number of nitrogens with zero attached hydrogens (tertiary/aromatic N) is 1. The van der Waals surface area contributed by atoms with E-state index in [1.807, 2.05) is 12.1 Å². The van der Waals surface area contributed by atoms with Crippen molar-refractivity contribution in [3.8, 4) is 0 Å². The van der Waals surface area contributed by atoms with Gasteiger partial charge in [-0.05, 0) is 29.8 Å². The molecule has 0 radical (unpaired) electrons. The Morgan fingerprint density at radius 3 is 2.58 bits per heavy atom. The molecule has 2 nitrogen and oxygen atoms in total. The van der Waals surface area contributed by atoms with Gasteiger partial charge in [0.2, 0.25) is 0 Å². The van der Waals surface area contributed by atoms with E-state index in [0.717, 1.165) is 5.56 Å². The molecule has 2 aromatic rings.